The molecule has 1 aliphatic rings. The second kappa shape index (κ2) is 6.53. The van der Waals surface area contributed by atoms with E-state index in [0.717, 1.165) is 17.9 Å². The lowest BCUT2D eigenvalue weighted by molar-refractivity contribution is 0.273. The fraction of sp³-hybridized carbons (Fsp3) is 0.368. The Morgan fingerprint density at radius 3 is 2.90 bits per heavy atom. The van der Waals surface area contributed by atoms with Crippen LogP contribution in [-0.2, 0) is 12.3 Å². The largest absolute Gasteiger partial charge is 0.493 e. The molecular weight excluding hydrogens is 280 g/mol. The molecule has 1 nitrogen and oxygen atoms in total. The molecule has 0 saturated carbocycles. The second-order valence-corrected chi connectivity index (χ2v) is 6.11. The van der Waals surface area contributed by atoms with Crippen molar-refractivity contribution in [2.75, 3.05) is 6.61 Å². The summed E-state index contributed by atoms with van der Waals surface area (Å²) < 4.78 is 6.09. The molecular formula is C19H21ClO. The van der Waals surface area contributed by atoms with Gasteiger partial charge in [-0.15, -0.1) is 11.6 Å². The molecule has 21 heavy (non-hydrogen) atoms. The minimum absolute atomic E-state index is 0.498. The van der Waals surface area contributed by atoms with Crippen LogP contribution in [0, 0.1) is 6.92 Å². The Kier molecular flexibility index (Phi) is 4.50. The Balaban J connectivity index is 1.74. The van der Waals surface area contributed by atoms with Gasteiger partial charge in [-0.25, -0.2) is 0 Å². The second-order valence-electron chi connectivity index (χ2n) is 5.84. The number of aryl methyl sites for hydroxylation is 2. The van der Waals surface area contributed by atoms with Gasteiger partial charge in [0.05, 0.1) is 12.5 Å². The summed E-state index contributed by atoms with van der Waals surface area (Å²) in [6, 6.07) is 15.0. The normalized spacial score (nSPS) is 17.3. The van der Waals surface area contributed by atoms with E-state index in [4.69, 9.17) is 16.3 Å². The zero-order valence-corrected chi connectivity index (χ0v) is 13.2. The third-order valence-electron chi connectivity index (χ3n) is 4.29. The first-order chi connectivity index (χ1) is 10.3. The Labute approximate surface area is 131 Å². The van der Waals surface area contributed by atoms with E-state index in [1.807, 2.05) is 6.07 Å². The number of benzene rings is 2. The molecule has 2 aromatic carbocycles. The maximum absolute atomic E-state index is 6.09. The van der Waals surface area contributed by atoms with E-state index >= 15 is 0 Å². The van der Waals surface area contributed by atoms with Crippen molar-refractivity contribution in [1.29, 1.82) is 0 Å². The van der Waals surface area contributed by atoms with E-state index in [9.17, 15) is 0 Å². The summed E-state index contributed by atoms with van der Waals surface area (Å²) in [5, 5.41) is 0. The topological polar surface area (TPSA) is 9.23 Å². The highest BCUT2D eigenvalue weighted by Gasteiger charge is 2.20. The molecule has 0 spiro atoms. The van der Waals surface area contributed by atoms with Gasteiger partial charge in [0.2, 0.25) is 0 Å². The molecule has 2 heteroatoms. The number of fused-ring (bicyclic) bond motifs is 1. The Bertz CT molecular complexity index is 621. The molecule has 0 aliphatic heterocycles. The predicted molar refractivity (Wildman–Crippen MR) is 88.4 cm³/mol. The van der Waals surface area contributed by atoms with Crippen LogP contribution in [-0.4, -0.2) is 6.61 Å². The lowest BCUT2D eigenvalue weighted by Crippen LogP contribution is -2.17. The molecule has 0 saturated heterocycles. The third-order valence-corrected chi connectivity index (χ3v) is 4.58. The number of alkyl halides is 1. The van der Waals surface area contributed by atoms with Gasteiger partial charge < -0.3 is 4.74 Å². The molecule has 0 bridgehead atoms. The molecule has 1 aliphatic carbocycles. The van der Waals surface area contributed by atoms with Crippen LogP contribution in [0.5, 0.6) is 5.75 Å². The summed E-state index contributed by atoms with van der Waals surface area (Å²) >= 11 is 6.03. The molecule has 0 radical (unpaired) electrons. The van der Waals surface area contributed by atoms with Gasteiger partial charge in [-0.2, -0.15) is 0 Å². The molecule has 110 valence electrons. The monoisotopic (exact) mass is 300 g/mol. The minimum atomic E-state index is 0.498. The van der Waals surface area contributed by atoms with E-state index < -0.39 is 0 Å². The van der Waals surface area contributed by atoms with E-state index in [0.29, 0.717) is 11.8 Å². The highest BCUT2D eigenvalue weighted by Crippen LogP contribution is 2.32. The molecule has 0 aromatic heterocycles. The van der Waals surface area contributed by atoms with Gasteiger partial charge in [0, 0.05) is 11.5 Å². The highest BCUT2D eigenvalue weighted by atomic mass is 35.5. The van der Waals surface area contributed by atoms with Crippen molar-refractivity contribution in [3.63, 3.8) is 0 Å². The fourth-order valence-electron chi connectivity index (χ4n) is 3.17. The fourth-order valence-corrected chi connectivity index (χ4v) is 3.38. The van der Waals surface area contributed by atoms with Crippen molar-refractivity contribution in [1.82, 2.24) is 0 Å². The summed E-state index contributed by atoms with van der Waals surface area (Å²) in [4.78, 5) is 0. The van der Waals surface area contributed by atoms with Gasteiger partial charge >= 0.3 is 0 Å². The van der Waals surface area contributed by atoms with Gasteiger partial charge in [-0.3, -0.25) is 0 Å². The van der Waals surface area contributed by atoms with Gasteiger partial charge in [-0.05, 0) is 43.4 Å². The van der Waals surface area contributed by atoms with Crippen LogP contribution >= 0.6 is 11.6 Å². The molecule has 1 atom stereocenters. The van der Waals surface area contributed by atoms with Crippen molar-refractivity contribution in [2.45, 2.75) is 38.0 Å². The van der Waals surface area contributed by atoms with Gasteiger partial charge in [-0.1, -0.05) is 42.0 Å². The first-order valence-electron chi connectivity index (χ1n) is 7.64. The average molecular weight is 301 g/mol. The number of halogens is 1. The van der Waals surface area contributed by atoms with Crippen LogP contribution in [0.3, 0.4) is 0 Å². The summed E-state index contributed by atoms with van der Waals surface area (Å²) in [6.07, 6.45) is 3.66. The molecule has 0 N–H and O–H groups in total. The highest BCUT2D eigenvalue weighted by molar-refractivity contribution is 6.17. The van der Waals surface area contributed by atoms with E-state index in [2.05, 4.69) is 43.3 Å². The SMILES string of the molecule is Cc1ccc(OCC2CCCc3ccccc32)c(CCl)c1. The lowest BCUT2D eigenvalue weighted by atomic mass is 9.83. The van der Waals surface area contributed by atoms with E-state index in [-0.39, 0.29) is 0 Å². The Morgan fingerprint density at radius 2 is 2.05 bits per heavy atom. The maximum atomic E-state index is 6.09. The summed E-state index contributed by atoms with van der Waals surface area (Å²) in [5.74, 6) is 1.93. The molecule has 2 aromatic rings. The first kappa shape index (κ1) is 14.5. The molecule has 1 unspecified atom stereocenters. The van der Waals surface area contributed by atoms with Crippen molar-refractivity contribution >= 4 is 11.6 Å². The van der Waals surface area contributed by atoms with Crippen molar-refractivity contribution in [2.24, 2.45) is 0 Å². The summed E-state index contributed by atoms with van der Waals surface area (Å²) in [5.41, 5.74) is 5.25. The van der Waals surface area contributed by atoms with Crippen LogP contribution in [0.1, 0.15) is 41.0 Å². The van der Waals surface area contributed by atoms with Gasteiger partial charge in [0.1, 0.15) is 5.75 Å². The quantitative estimate of drug-likeness (QED) is 0.702. The molecule has 0 heterocycles. The molecule has 0 amide bonds. The zero-order chi connectivity index (χ0) is 14.7. The van der Waals surface area contributed by atoms with Crippen LogP contribution in [0.25, 0.3) is 0 Å². The minimum Gasteiger partial charge on any atom is -0.493 e. The van der Waals surface area contributed by atoms with Crippen molar-refractivity contribution in [3.8, 4) is 5.75 Å². The third kappa shape index (κ3) is 3.24. The van der Waals surface area contributed by atoms with E-state index in [1.165, 1.54) is 36.0 Å². The Morgan fingerprint density at radius 1 is 1.19 bits per heavy atom. The van der Waals surface area contributed by atoms with Crippen LogP contribution < -0.4 is 4.74 Å². The Hall–Kier alpha value is -1.47. The summed E-state index contributed by atoms with van der Waals surface area (Å²) in [7, 11) is 0. The van der Waals surface area contributed by atoms with Gasteiger partial charge in [0.25, 0.3) is 0 Å². The first-order valence-corrected chi connectivity index (χ1v) is 8.17. The number of rotatable bonds is 4. The number of ether oxygens (including phenoxy) is 1. The van der Waals surface area contributed by atoms with Gasteiger partial charge in [0.15, 0.2) is 0 Å². The standard InChI is InChI=1S/C19H21ClO/c1-14-9-10-19(17(11-14)12-20)21-13-16-7-4-6-15-5-2-3-8-18(15)16/h2-3,5,8-11,16H,4,6-7,12-13H2,1H3. The smallest absolute Gasteiger partial charge is 0.123 e. The number of hydrogen-bond donors (Lipinski definition) is 0. The molecule has 0 fully saturated rings. The molecule has 3 rings (SSSR count). The maximum Gasteiger partial charge on any atom is 0.123 e. The lowest BCUT2D eigenvalue weighted by Gasteiger charge is -2.26. The number of hydrogen-bond acceptors (Lipinski definition) is 1. The van der Waals surface area contributed by atoms with Crippen molar-refractivity contribution < 1.29 is 4.74 Å². The average Bonchev–Trinajstić information content (AvgIpc) is 2.53. The van der Waals surface area contributed by atoms with Crippen molar-refractivity contribution in [3.05, 3.63) is 64.7 Å². The zero-order valence-electron chi connectivity index (χ0n) is 12.4. The van der Waals surface area contributed by atoms with E-state index in [1.54, 1.807) is 0 Å². The summed E-state index contributed by atoms with van der Waals surface area (Å²) in [6.45, 7) is 2.82. The van der Waals surface area contributed by atoms with Crippen LogP contribution in [0.2, 0.25) is 0 Å². The van der Waals surface area contributed by atoms with Crippen LogP contribution in [0.15, 0.2) is 42.5 Å². The van der Waals surface area contributed by atoms with Crippen LogP contribution in [0.4, 0.5) is 0 Å². The predicted octanol–water partition coefficient (Wildman–Crippen LogP) is 5.23.